The molecule has 3 heteroatoms. The van der Waals surface area contributed by atoms with Crippen molar-refractivity contribution >= 4 is 0 Å². The van der Waals surface area contributed by atoms with E-state index in [1.165, 1.54) is 12.0 Å². The first-order valence-electron chi connectivity index (χ1n) is 6.75. The minimum atomic E-state index is 0.168. The summed E-state index contributed by atoms with van der Waals surface area (Å²) in [6, 6.07) is 0. The summed E-state index contributed by atoms with van der Waals surface area (Å²) in [6.45, 7) is 9.33. The fourth-order valence-corrected chi connectivity index (χ4v) is 4.22. The summed E-state index contributed by atoms with van der Waals surface area (Å²) in [5, 5.41) is 7.60. The second-order valence-corrected chi connectivity index (χ2v) is 6.30. The van der Waals surface area contributed by atoms with Crippen molar-refractivity contribution in [2.75, 3.05) is 13.1 Å². The first-order chi connectivity index (χ1) is 8.10. The molecule has 3 rings (SSSR count). The van der Waals surface area contributed by atoms with Gasteiger partial charge in [-0.2, -0.15) is 0 Å². The molecule has 2 aliphatic rings. The third-order valence-electron chi connectivity index (χ3n) is 5.24. The molecule has 1 aromatic rings. The lowest BCUT2D eigenvalue weighted by molar-refractivity contribution is 0.0291. The smallest absolute Gasteiger partial charge is 0.146 e. The molecule has 1 aromatic heterocycles. The quantitative estimate of drug-likeness (QED) is 0.811. The van der Waals surface area contributed by atoms with Crippen molar-refractivity contribution in [3.63, 3.8) is 0 Å². The van der Waals surface area contributed by atoms with Crippen LogP contribution in [-0.4, -0.2) is 18.2 Å². The van der Waals surface area contributed by atoms with E-state index >= 15 is 0 Å². The van der Waals surface area contributed by atoms with Gasteiger partial charge in [0.15, 0.2) is 0 Å². The lowest BCUT2D eigenvalue weighted by Gasteiger charge is -2.53. The number of aromatic nitrogens is 1. The average molecular weight is 234 g/mol. The first-order valence-corrected chi connectivity index (χ1v) is 6.75. The van der Waals surface area contributed by atoms with E-state index in [2.05, 4.69) is 31.2 Å². The molecule has 0 saturated carbocycles. The zero-order valence-corrected chi connectivity index (χ0v) is 11.0. The van der Waals surface area contributed by atoms with Crippen molar-refractivity contribution in [3.05, 3.63) is 17.5 Å². The highest BCUT2D eigenvalue weighted by atomic mass is 16.5. The summed E-state index contributed by atoms with van der Waals surface area (Å²) in [5.74, 6) is 1.87. The van der Waals surface area contributed by atoms with Gasteiger partial charge in [0.25, 0.3) is 0 Å². The van der Waals surface area contributed by atoms with Crippen LogP contribution >= 0.6 is 0 Å². The van der Waals surface area contributed by atoms with Crippen LogP contribution in [0.5, 0.6) is 0 Å². The molecular weight excluding hydrogens is 212 g/mol. The van der Waals surface area contributed by atoms with E-state index in [1.807, 2.05) is 6.20 Å². The van der Waals surface area contributed by atoms with Crippen LogP contribution < -0.4 is 5.32 Å². The summed E-state index contributed by atoms with van der Waals surface area (Å²) >= 11 is 0. The second-order valence-electron chi connectivity index (χ2n) is 6.30. The molecule has 0 aromatic carbocycles. The van der Waals surface area contributed by atoms with E-state index in [1.54, 1.807) is 0 Å². The number of hydrogen-bond acceptors (Lipinski definition) is 3. The third-order valence-corrected chi connectivity index (χ3v) is 5.24. The Labute approximate surface area is 103 Å². The van der Waals surface area contributed by atoms with E-state index in [9.17, 15) is 0 Å². The molecule has 0 spiro atoms. The maximum Gasteiger partial charge on any atom is 0.146 e. The Bertz CT molecular complexity index is 428. The van der Waals surface area contributed by atoms with E-state index in [4.69, 9.17) is 4.52 Å². The Morgan fingerprint density at radius 2 is 2.35 bits per heavy atom. The highest BCUT2D eigenvalue weighted by Gasteiger charge is 2.53. The summed E-state index contributed by atoms with van der Waals surface area (Å²) in [7, 11) is 0. The van der Waals surface area contributed by atoms with Gasteiger partial charge in [-0.05, 0) is 37.1 Å². The van der Waals surface area contributed by atoms with Crippen LogP contribution in [0.2, 0.25) is 0 Å². The molecule has 0 amide bonds. The molecule has 3 nitrogen and oxygen atoms in total. The van der Waals surface area contributed by atoms with E-state index in [0.717, 1.165) is 31.7 Å². The summed E-state index contributed by atoms with van der Waals surface area (Å²) in [6.07, 6.45) is 5.43. The number of fused-ring (bicyclic) bond motifs is 2. The van der Waals surface area contributed by atoms with Gasteiger partial charge in [-0.25, -0.2) is 0 Å². The fraction of sp³-hybridized carbons (Fsp3) is 0.786. The molecule has 94 valence electrons. The molecule has 1 saturated heterocycles. The normalized spacial score (nSPS) is 40.8. The van der Waals surface area contributed by atoms with Gasteiger partial charge in [0, 0.05) is 17.5 Å². The van der Waals surface area contributed by atoms with E-state index in [-0.39, 0.29) is 5.41 Å². The highest BCUT2D eigenvalue weighted by molar-refractivity contribution is 5.31. The van der Waals surface area contributed by atoms with Gasteiger partial charge < -0.3 is 9.84 Å². The van der Waals surface area contributed by atoms with E-state index in [0.29, 0.717) is 11.3 Å². The topological polar surface area (TPSA) is 38.1 Å². The maximum absolute atomic E-state index is 5.59. The van der Waals surface area contributed by atoms with Gasteiger partial charge in [-0.15, -0.1) is 0 Å². The van der Waals surface area contributed by atoms with Gasteiger partial charge in [0.05, 0.1) is 6.20 Å². The van der Waals surface area contributed by atoms with Crippen molar-refractivity contribution in [2.24, 2.45) is 11.3 Å². The number of rotatable bonds is 1. The fourth-order valence-electron chi connectivity index (χ4n) is 4.22. The second kappa shape index (κ2) is 3.58. The largest absolute Gasteiger partial charge is 0.361 e. The van der Waals surface area contributed by atoms with Crippen LogP contribution in [0, 0.1) is 11.3 Å². The predicted octanol–water partition coefficient (Wildman–Crippen LogP) is 2.51. The maximum atomic E-state index is 5.59. The number of piperidine rings is 1. The van der Waals surface area contributed by atoms with Crippen LogP contribution in [0.3, 0.4) is 0 Å². The molecule has 2 heterocycles. The Morgan fingerprint density at radius 3 is 3.12 bits per heavy atom. The van der Waals surface area contributed by atoms with Crippen LogP contribution in [0.25, 0.3) is 0 Å². The summed E-state index contributed by atoms with van der Waals surface area (Å²) in [4.78, 5) is 0. The first kappa shape index (κ1) is 11.3. The van der Waals surface area contributed by atoms with Gasteiger partial charge in [-0.1, -0.05) is 25.9 Å². The number of nitrogens with one attached hydrogen (secondary N) is 1. The lowest BCUT2D eigenvalue weighted by Crippen LogP contribution is -2.55. The molecule has 1 aliphatic heterocycles. The number of hydrogen-bond donors (Lipinski definition) is 1. The zero-order chi connectivity index (χ0) is 12.1. The van der Waals surface area contributed by atoms with Crippen LogP contribution in [0.4, 0.5) is 0 Å². The predicted molar refractivity (Wildman–Crippen MR) is 66.9 cm³/mol. The van der Waals surface area contributed by atoms with Crippen molar-refractivity contribution < 1.29 is 4.52 Å². The molecule has 17 heavy (non-hydrogen) atoms. The van der Waals surface area contributed by atoms with Crippen molar-refractivity contribution in [2.45, 2.75) is 45.4 Å². The molecule has 1 fully saturated rings. The van der Waals surface area contributed by atoms with Gasteiger partial charge in [-0.3, -0.25) is 0 Å². The van der Waals surface area contributed by atoms with Gasteiger partial charge >= 0.3 is 0 Å². The molecular formula is C14H22N2O. The van der Waals surface area contributed by atoms with Crippen molar-refractivity contribution in [1.82, 2.24) is 10.5 Å². The number of nitrogens with zero attached hydrogens (tertiary/aromatic N) is 1. The van der Waals surface area contributed by atoms with Crippen LogP contribution in [-0.2, 0) is 11.8 Å². The summed E-state index contributed by atoms with van der Waals surface area (Å²) < 4.78 is 5.59. The lowest BCUT2D eigenvalue weighted by atomic mass is 9.53. The standard InChI is InChI=1S/C14H22N2O/c1-4-14(3)11-5-6-15-9-13(11,2)7-10-8-16-17-12(10)14/h8,11,15H,4-7,9H2,1-3H3/t11-,13-,14-/m0/s1. The Balaban J connectivity index is 2.13. The van der Waals surface area contributed by atoms with E-state index < -0.39 is 0 Å². The van der Waals surface area contributed by atoms with Crippen molar-refractivity contribution in [3.8, 4) is 0 Å². The van der Waals surface area contributed by atoms with Gasteiger partial charge in [0.1, 0.15) is 5.76 Å². The molecule has 1 aliphatic carbocycles. The van der Waals surface area contributed by atoms with Gasteiger partial charge in [0.2, 0.25) is 0 Å². The Morgan fingerprint density at radius 1 is 1.53 bits per heavy atom. The SMILES string of the molecule is CC[C@]1(C)c2oncc2C[C@@]2(C)CNCC[C@@H]21. The molecule has 0 bridgehead atoms. The van der Waals surface area contributed by atoms with Crippen molar-refractivity contribution in [1.29, 1.82) is 0 Å². The monoisotopic (exact) mass is 234 g/mol. The molecule has 1 N–H and O–H groups in total. The Kier molecular flexibility index (Phi) is 2.37. The molecule has 0 unspecified atom stereocenters. The Hall–Kier alpha value is -0.830. The minimum Gasteiger partial charge on any atom is -0.361 e. The highest BCUT2D eigenvalue weighted by Crippen LogP contribution is 2.54. The third kappa shape index (κ3) is 1.41. The average Bonchev–Trinajstić information content (AvgIpc) is 2.77. The molecule has 3 atom stereocenters. The van der Waals surface area contributed by atoms with Crippen LogP contribution in [0.15, 0.2) is 10.7 Å². The molecule has 0 radical (unpaired) electrons. The van der Waals surface area contributed by atoms with Crippen LogP contribution in [0.1, 0.15) is 44.9 Å². The summed E-state index contributed by atoms with van der Waals surface area (Å²) in [5.41, 5.74) is 1.86. The minimum absolute atomic E-state index is 0.168. The zero-order valence-electron chi connectivity index (χ0n) is 11.0.